The molecule has 4 rings (SSSR count). The van der Waals surface area contributed by atoms with Crippen LogP contribution in [0.25, 0.3) is 0 Å². The Morgan fingerprint density at radius 1 is 1.04 bits per heavy atom. The lowest BCUT2D eigenvalue weighted by Gasteiger charge is -2.23. The molecule has 0 spiro atoms. The number of imide groups is 1. The van der Waals surface area contributed by atoms with Gasteiger partial charge in [-0.3, -0.25) is 44.2 Å². The van der Waals surface area contributed by atoms with Gasteiger partial charge in [0.1, 0.15) is 6.61 Å². The molecule has 45 heavy (non-hydrogen) atoms. The van der Waals surface area contributed by atoms with E-state index in [2.05, 4.69) is 25.0 Å². The number of hydrogen-bond donors (Lipinski definition) is 1. The highest BCUT2D eigenvalue weighted by molar-refractivity contribution is 7.99. The first kappa shape index (κ1) is 33.0. The maximum absolute atomic E-state index is 13.2. The molecule has 3 amide bonds. The number of non-ortho nitro benzene ring substituents is 1. The summed E-state index contributed by atoms with van der Waals surface area (Å²) in [6.07, 6.45) is 2.69. The quantitative estimate of drug-likeness (QED) is 0.0624. The molecule has 1 fully saturated rings. The lowest BCUT2D eigenvalue weighted by Crippen LogP contribution is -2.32. The van der Waals surface area contributed by atoms with Gasteiger partial charge in [-0.1, -0.05) is 24.1 Å². The molecule has 0 bridgehead atoms. The second-order valence-electron chi connectivity index (χ2n) is 10.1. The molecule has 14 nitrogen and oxygen atoms in total. The Morgan fingerprint density at radius 2 is 1.69 bits per heavy atom. The number of rotatable bonds is 15. The summed E-state index contributed by atoms with van der Waals surface area (Å²) < 4.78 is 4.95. The van der Waals surface area contributed by atoms with E-state index in [9.17, 15) is 29.3 Å². The largest absolute Gasteiger partial charge is 0.533 e. The Balaban J connectivity index is 1.33. The zero-order valence-electron chi connectivity index (χ0n) is 24.5. The zero-order valence-corrected chi connectivity index (χ0v) is 25.3. The van der Waals surface area contributed by atoms with E-state index < -0.39 is 28.8 Å². The van der Waals surface area contributed by atoms with Crippen LogP contribution in [0.5, 0.6) is 0 Å². The van der Waals surface area contributed by atoms with E-state index in [0.717, 1.165) is 11.4 Å². The second-order valence-corrected chi connectivity index (χ2v) is 11.2. The standard InChI is InChI=1S/C30H32N6O8S/c1-21(12-15-34(19-22-6-2-4-13-31-22)20-23-7-3-5-14-32-23)29(39)33-25-18-24(36(41)42)8-9-26(25)45-17-16-43-30(40)44-35-27(37)10-11-28(35)38/h2-9,13-14,18,21H,10-12,15-17,19-20H2,1H3,(H,33,39). The molecule has 15 heteroatoms. The van der Waals surface area contributed by atoms with Gasteiger partial charge in [-0.25, -0.2) is 4.79 Å². The first-order chi connectivity index (χ1) is 21.7. The minimum atomic E-state index is -1.20. The molecule has 1 saturated heterocycles. The molecule has 1 unspecified atom stereocenters. The normalized spacial score (nSPS) is 13.5. The van der Waals surface area contributed by atoms with Crippen LogP contribution in [0.3, 0.4) is 0 Å². The number of anilines is 1. The van der Waals surface area contributed by atoms with Crippen LogP contribution >= 0.6 is 11.8 Å². The Kier molecular flexibility index (Phi) is 11.9. The Bertz CT molecular complexity index is 1450. The lowest BCUT2D eigenvalue weighted by molar-refractivity contribution is -0.384. The summed E-state index contributed by atoms with van der Waals surface area (Å²) in [5.41, 5.74) is 1.83. The van der Waals surface area contributed by atoms with Gasteiger partial charge in [0, 0.05) is 67.0 Å². The van der Waals surface area contributed by atoms with Gasteiger partial charge in [0.15, 0.2) is 0 Å². The third-order valence-corrected chi connectivity index (χ3v) is 7.75. The van der Waals surface area contributed by atoms with Crippen LogP contribution < -0.4 is 5.32 Å². The SMILES string of the molecule is CC(CCN(Cc1ccccn1)Cc1ccccn1)C(=O)Nc1cc([N+](=O)[O-])ccc1SCCOC(=O)ON1C(=O)CCC1=O. The van der Waals surface area contributed by atoms with Gasteiger partial charge in [0.05, 0.1) is 22.0 Å². The highest BCUT2D eigenvalue weighted by atomic mass is 32.2. The molecule has 1 aliphatic rings. The van der Waals surface area contributed by atoms with Crippen molar-refractivity contribution in [1.82, 2.24) is 19.9 Å². The van der Waals surface area contributed by atoms with Crippen molar-refractivity contribution < 1.29 is 33.7 Å². The minimum Gasteiger partial charge on any atom is -0.432 e. The number of carbonyl (C=O) groups excluding carboxylic acids is 4. The number of benzene rings is 1. The molecule has 1 N–H and O–H groups in total. The zero-order chi connectivity index (χ0) is 32.2. The molecule has 0 aliphatic carbocycles. The van der Waals surface area contributed by atoms with Gasteiger partial charge >= 0.3 is 6.16 Å². The fourth-order valence-corrected chi connectivity index (χ4v) is 5.13. The first-order valence-corrected chi connectivity index (χ1v) is 15.1. The number of thioether (sulfide) groups is 1. The van der Waals surface area contributed by atoms with E-state index in [1.165, 1.54) is 30.0 Å². The number of hydrogen-bond acceptors (Lipinski definition) is 12. The number of hydroxylamine groups is 2. The van der Waals surface area contributed by atoms with Crippen LogP contribution in [0.15, 0.2) is 71.9 Å². The lowest BCUT2D eigenvalue weighted by atomic mass is 10.1. The molecule has 236 valence electrons. The molecule has 0 radical (unpaired) electrons. The Morgan fingerprint density at radius 3 is 2.27 bits per heavy atom. The molecular formula is C30H32N6O8S. The summed E-state index contributed by atoms with van der Waals surface area (Å²) in [5, 5.41) is 14.6. The summed E-state index contributed by atoms with van der Waals surface area (Å²) >= 11 is 1.19. The van der Waals surface area contributed by atoms with Gasteiger partial charge in [-0.05, 0) is 43.3 Å². The van der Waals surface area contributed by atoms with E-state index in [0.29, 0.717) is 36.0 Å². The van der Waals surface area contributed by atoms with Gasteiger partial charge in [0.25, 0.3) is 17.5 Å². The van der Waals surface area contributed by atoms with E-state index >= 15 is 0 Å². The summed E-state index contributed by atoms with van der Waals surface area (Å²) in [6, 6.07) is 15.5. The van der Waals surface area contributed by atoms with Crippen molar-refractivity contribution in [3.8, 4) is 0 Å². The van der Waals surface area contributed by atoms with Gasteiger partial charge in [-0.15, -0.1) is 11.8 Å². The average Bonchev–Trinajstić information content (AvgIpc) is 3.35. The number of amides is 3. The van der Waals surface area contributed by atoms with Crippen LogP contribution in [-0.2, 0) is 37.0 Å². The number of nitro benzene ring substituents is 1. The smallest absolute Gasteiger partial charge is 0.432 e. The van der Waals surface area contributed by atoms with E-state index in [-0.39, 0.29) is 42.5 Å². The minimum absolute atomic E-state index is 0.0379. The van der Waals surface area contributed by atoms with Gasteiger partial charge in [0.2, 0.25) is 5.91 Å². The van der Waals surface area contributed by atoms with Gasteiger partial charge < -0.3 is 10.1 Å². The summed E-state index contributed by atoms with van der Waals surface area (Å²) in [4.78, 5) is 75.3. The fraction of sp³-hybridized carbons (Fsp3) is 0.333. The number of aromatic nitrogens is 2. The van der Waals surface area contributed by atoms with Crippen LogP contribution in [0, 0.1) is 16.0 Å². The fourth-order valence-electron chi connectivity index (χ4n) is 4.31. The number of nitrogens with one attached hydrogen (secondary N) is 1. The number of ether oxygens (including phenoxy) is 1. The molecule has 1 atom stereocenters. The van der Waals surface area contributed by atoms with Crippen LogP contribution in [-0.4, -0.2) is 67.6 Å². The molecule has 2 aromatic heterocycles. The molecular weight excluding hydrogens is 604 g/mol. The third-order valence-electron chi connectivity index (χ3n) is 6.71. The average molecular weight is 637 g/mol. The highest BCUT2D eigenvalue weighted by Crippen LogP contribution is 2.31. The Labute approximate surface area is 263 Å². The van der Waals surface area contributed by atoms with Crippen LogP contribution in [0.4, 0.5) is 16.2 Å². The van der Waals surface area contributed by atoms with Crippen molar-refractivity contribution >= 4 is 47.0 Å². The van der Waals surface area contributed by atoms with Crippen LogP contribution in [0.1, 0.15) is 37.6 Å². The van der Waals surface area contributed by atoms with Crippen LogP contribution in [0.2, 0.25) is 0 Å². The predicted molar refractivity (Wildman–Crippen MR) is 162 cm³/mol. The maximum Gasteiger partial charge on any atom is 0.533 e. The topological polar surface area (TPSA) is 174 Å². The maximum atomic E-state index is 13.2. The van der Waals surface area contributed by atoms with E-state index in [1.54, 1.807) is 19.3 Å². The summed E-state index contributed by atoms with van der Waals surface area (Å²) in [6.45, 7) is 3.34. The number of carbonyl (C=O) groups is 4. The number of nitro groups is 1. The molecule has 1 aliphatic heterocycles. The molecule has 3 heterocycles. The number of pyridine rings is 2. The van der Waals surface area contributed by atoms with Gasteiger partial charge in [-0.2, -0.15) is 0 Å². The van der Waals surface area contributed by atoms with Crippen molar-refractivity contribution in [3.05, 3.63) is 88.5 Å². The summed E-state index contributed by atoms with van der Waals surface area (Å²) in [7, 11) is 0. The predicted octanol–water partition coefficient (Wildman–Crippen LogP) is 4.36. The van der Waals surface area contributed by atoms with Crippen molar-refractivity contribution in [2.45, 2.75) is 44.2 Å². The van der Waals surface area contributed by atoms with Crippen molar-refractivity contribution in [1.29, 1.82) is 0 Å². The monoisotopic (exact) mass is 636 g/mol. The molecule has 3 aromatic rings. The third kappa shape index (κ3) is 10.1. The highest BCUT2D eigenvalue weighted by Gasteiger charge is 2.33. The molecule has 1 aromatic carbocycles. The van der Waals surface area contributed by atoms with E-state index in [1.807, 2.05) is 36.4 Å². The number of nitrogens with zero attached hydrogens (tertiary/aromatic N) is 5. The van der Waals surface area contributed by atoms with Crippen molar-refractivity contribution in [2.24, 2.45) is 5.92 Å². The Hall–Kier alpha value is -4.89. The first-order valence-electron chi connectivity index (χ1n) is 14.1. The van der Waals surface area contributed by atoms with Crippen molar-refractivity contribution in [3.63, 3.8) is 0 Å². The molecule has 0 saturated carbocycles. The van der Waals surface area contributed by atoms with E-state index in [4.69, 9.17) is 4.74 Å². The second kappa shape index (κ2) is 16.3. The summed E-state index contributed by atoms with van der Waals surface area (Å²) in [5.74, 6) is -1.80. The van der Waals surface area contributed by atoms with Crippen molar-refractivity contribution in [2.75, 3.05) is 24.2 Å².